The first-order valence-electron chi connectivity index (χ1n) is 11.7. The minimum Gasteiger partial charge on any atom is -0.454 e. The first-order valence-corrected chi connectivity index (χ1v) is 12.1. The number of pyridine rings is 1. The molecule has 0 saturated heterocycles. The molecule has 0 aliphatic rings. The first-order chi connectivity index (χ1) is 17.7. The maximum atomic E-state index is 11.8. The smallest absolute Gasteiger partial charge is 0.407 e. The Hall–Kier alpha value is -4.17. The van der Waals surface area contributed by atoms with Crippen molar-refractivity contribution in [3.8, 4) is 11.5 Å². The molecule has 0 bridgehead atoms. The Kier molecular flexibility index (Phi) is 7.89. The number of rotatable bonds is 7. The van der Waals surface area contributed by atoms with Crippen molar-refractivity contribution in [2.45, 2.75) is 33.3 Å². The zero-order valence-corrected chi connectivity index (χ0v) is 21.8. The largest absolute Gasteiger partial charge is 0.454 e. The highest BCUT2D eigenvalue weighted by molar-refractivity contribution is 6.32. The summed E-state index contributed by atoms with van der Waals surface area (Å²) in [7, 11) is 0. The number of ether oxygens (including phenoxy) is 2. The van der Waals surface area contributed by atoms with Crippen molar-refractivity contribution in [2.75, 3.05) is 11.9 Å². The van der Waals surface area contributed by atoms with Gasteiger partial charge in [-0.15, -0.1) is 0 Å². The van der Waals surface area contributed by atoms with Crippen molar-refractivity contribution in [1.82, 2.24) is 20.3 Å². The molecule has 0 radical (unpaired) electrons. The molecular weight excluding hydrogens is 490 g/mol. The van der Waals surface area contributed by atoms with E-state index < -0.39 is 11.7 Å². The highest BCUT2D eigenvalue weighted by Gasteiger charge is 2.15. The van der Waals surface area contributed by atoms with Crippen molar-refractivity contribution in [2.24, 2.45) is 0 Å². The fourth-order valence-corrected chi connectivity index (χ4v) is 3.59. The predicted molar refractivity (Wildman–Crippen MR) is 147 cm³/mol. The molecule has 2 aromatic carbocycles. The Morgan fingerprint density at radius 3 is 2.62 bits per heavy atom. The van der Waals surface area contributed by atoms with Gasteiger partial charge in [-0.2, -0.15) is 0 Å². The Balaban J connectivity index is 1.46. The van der Waals surface area contributed by atoms with Crippen LogP contribution in [0.15, 0.2) is 67.1 Å². The molecule has 1 amide bonds. The van der Waals surface area contributed by atoms with Gasteiger partial charge in [0.15, 0.2) is 0 Å². The summed E-state index contributed by atoms with van der Waals surface area (Å²) in [6.45, 7) is 7.73. The highest BCUT2D eigenvalue weighted by atomic mass is 35.5. The van der Waals surface area contributed by atoms with Gasteiger partial charge in [0.25, 0.3) is 0 Å². The summed E-state index contributed by atoms with van der Waals surface area (Å²) < 4.78 is 11.1. The number of benzene rings is 2. The zero-order chi connectivity index (χ0) is 26.4. The molecule has 4 aromatic rings. The van der Waals surface area contributed by atoms with E-state index in [2.05, 4.69) is 25.6 Å². The van der Waals surface area contributed by atoms with Gasteiger partial charge < -0.3 is 20.1 Å². The summed E-state index contributed by atoms with van der Waals surface area (Å²) >= 11 is 6.48. The molecule has 0 unspecified atom stereocenters. The molecule has 9 heteroatoms. The van der Waals surface area contributed by atoms with Crippen LogP contribution in [-0.4, -0.2) is 33.2 Å². The molecule has 8 nitrogen and oxygen atoms in total. The number of amides is 1. The van der Waals surface area contributed by atoms with Crippen molar-refractivity contribution >= 4 is 46.2 Å². The van der Waals surface area contributed by atoms with E-state index in [9.17, 15) is 4.79 Å². The minimum absolute atomic E-state index is 0.342. The van der Waals surface area contributed by atoms with E-state index >= 15 is 0 Å². The van der Waals surface area contributed by atoms with Crippen LogP contribution in [0.4, 0.5) is 16.3 Å². The van der Waals surface area contributed by atoms with Gasteiger partial charge in [-0.1, -0.05) is 29.8 Å². The highest BCUT2D eigenvalue weighted by Crippen LogP contribution is 2.33. The number of carbonyl (C=O) groups excluding carboxylic acids is 1. The summed E-state index contributed by atoms with van der Waals surface area (Å²) in [6.07, 6.45) is 6.47. The molecular formula is C28H28ClN5O3. The molecule has 0 saturated carbocycles. The third kappa shape index (κ3) is 7.41. The van der Waals surface area contributed by atoms with Crippen LogP contribution < -0.4 is 15.4 Å². The number of aryl methyl sites for hydroxylation is 1. The molecule has 190 valence electrons. The first kappa shape index (κ1) is 25.9. The topological polar surface area (TPSA) is 98.3 Å². The molecule has 0 fully saturated rings. The van der Waals surface area contributed by atoms with Crippen molar-refractivity contribution in [3.05, 3.63) is 83.4 Å². The normalized spacial score (nSPS) is 11.5. The van der Waals surface area contributed by atoms with E-state index in [1.165, 1.54) is 6.33 Å². The Labute approximate surface area is 220 Å². The van der Waals surface area contributed by atoms with E-state index in [4.69, 9.17) is 21.1 Å². The average Bonchev–Trinajstić information content (AvgIpc) is 2.84. The van der Waals surface area contributed by atoms with E-state index in [-0.39, 0.29) is 0 Å². The maximum Gasteiger partial charge on any atom is 0.407 e. The summed E-state index contributed by atoms with van der Waals surface area (Å²) in [6, 6.07) is 15.0. The van der Waals surface area contributed by atoms with Gasteiger partial charge in [0.05, 0.1) is 16.7 Å². The van der Waals surface area contributed by atoms with Gasteiger partial charge in [-0.25, -0.2) is 14.8 Å². The van der Waals surface area contributed by atoms with E-state index in [0.29, 0.717) is 28.9 Å². The lowest BCUT2D eigenvalue weighted by Gasteiger charge is -2.19. The lowest BCUT2D eigenvalue weighted by molar-refractivity contribution is 0.0534. The van der Waals surface area contributed by atoms with Crippen molar-refractivity contribution < 1.29 is 14.3 Å². The molecule has 2 heterocycles. The van der Waals surface area contributed by atoms with Crippen LogP contribution in [0.25, 0.3) is 17.0 Å². The van der Waals surface area contributed by atoms with Crippen LogP contribution in [0.5, 0.6) is 11.5 Å². The number of anilines is 2. The number of halogens is 1. The van der Waals surface area contributed by atoms with Gasteiger partial charge >= 0.3 is 6.09 Å². The molecule has 0 aliphatic heterocycles. The van der Waals surface area contributed by atoms with E-state index in [1.807, 2.05) is 76.2 Å². The zero-order valence-electron chi connectivity index (χ0n) is 21.1. The van der Waals surface area contributed by atoms with Gasteiger partial charge in [0.1, 0.15) is 29.2 Å². The molecule has 4 rings (SSSR count). The van der Waals surface area contributed by atoms with Gasteiger partial charge in [0, 0.05) is 23.3 Å². The van der Waals surface area contributed by atoms with E-state index in [0.717, 1.165) is 27.8 Å². The van der Waals surface area contributed by atoms with Crippen LogP contribution in [-0.2, 0) is 4.74 Å². The van der Waals surface area contributed by atoms with Crippen LogP contribution in [0.1, 0.15) is 32.0 Å². The quantitative estimate of drug-likeness (QED) is 0.270. The number of fused-ring (bicyclic) bond motifs is 1. The third-order valence-electron chi connectivity index (χ3n) is 5.04. The minimum atomic E-state index is -0.536. The summed E-state index contributed by atoms with van der Waals surface area (Å²) in [5, 5.41) is 7.31. The molecule has 2 aromatic heterocycles. The average molecular weight is 518 g/mol. The number of carbonyl (C=O) groups is 1. The Morgan fingerprint density at radius 1 is 1.05 bits per heavy atom. The lowest BCUT2D eigenvalue weighted by atomic mass is 10.1. The SMILES string of the molecule is Cc1ccc(Oc2ccc(Nc3ncnc4ccc(C=CCNC(=O)OC(C)(C)C)cc34)cc2Cl)cn1. The van der Waals surface area contributed by atoms with Crippen molar-refractivity contribution in [3.63, 3.8) is 0 Å². The number of aromatic nitrogens is 3. The summed E-state index contributed by atoms with van der Waals surface area (Å²) in [5.41, 5.74) is 2.85. The molecule has 2 N–H and O–H groups in total. The summed E-state index contributed by atoms with van der Waals surface area (Å²) in [5.74, 6) is 1.77. The fourth-order valence-electron chi connectivity index (χ4n) is 3.37. The standard InChI is InChI=1S/C28H28ClN5O3/c1-18-7-10-21(16-31-18)36-25-12-9-20(15-23(25)29)34-26-22-14-19(8-11-24(22)32-17-33-26)6-5-13-30-27(35)37-28(2,3)4/h5-12,14-17H,13H2,1-4H3,(H,30,35)(H,32,33,34). The fraction of sp³-hybridized carbons (Fsp3) is 0.214. The van der Waals surface area contributed by atoms with Crippen LogP contribution in [0, 0.1) is 6.92 Å². The summed E-state index contributed by atoms with van der Waals surface area (Å²) in [4.78, 5) is 24.8. The Bertz CT molecular complexity index is 1430. The number of hydrogen-bond acceptors (Lipinski definition) is 7. The van der Waals surface area contributed by atoms with Gasteiger partial charge in [-0.05, 0) is 75.7 Å². The number of nitrogens with one attached hydrogen (secondary N) is 2. The second kappa shape index (κ2) is 11.3. The second-order valence-electron chi connectivity index (χ2n) is 9.29. The van der Waals surface area contributed by atoms with Gasteiger partial charge in [0.2, 0.25) is 0 Å². The lowest BCUT2D eigenvalue weighted by Crippen LogP contribution is -2.32. The molecule has 0 spiro atoms. The van der Waals surface area contributed by atoms with Crippen LogP contribution >= 0.6 is 11.6 Å². The van der Waals surface area contributed by atoms with Crippen LogP contribution in [0.2, 0.25) is 5.02 Å². The predicted octanol–water partition coefficient (Wildman–Crippen LogP) is 7.06. The molecule has 0 atom stereocenters. The molecule has 0 aliphatic carbocycles. The second-order valence-corrected chi connectivity index (χ2v) is 9.70. The van der Waals surface area contributed by atoms with E-state index in [1.54, 1.807) is 18.3 Å². The third-order valence-corrected chi connectivity index (χ3v) is 5.33. The van der Waals surface area contributed by atoms with Crippen molar-refractivity contribution in [1.29, 1.82) is 0 Å². The number of alkyl carbamates (subject to hydrolysis) is 1. The van der Waals surface area contributed by atoms with Crippen LogP contribution in [0.3, 0.4) is 0 Å². The number of nitrogens with zero attached hydrogens (tertiary/aromatic N) is 3. The molecule has 37 heavy (non-hydrogen) atoms. The Morgan fingerprint density at radius 2 is 1.89 bits per heavy atom. The number of hydrogen-bond donors (Lipinski definition) is 2. The maximum absolute atomic E-state index is 11.8. The van der Waals surface area contributed by atoms with Gasteiger partial charge in [-0.3, -0.25) is 4.98 Å². The monoisotopic (exact) mass is 517 g/mol.